The Hall–Kier alpha value is -3.94. The summed E-state index contributed by atoms with van der Waals surface area (Å²) in [5, 5.41) is 13.8. The molecule has 1 atom stereocenters. The first kappa shape index (κ1) is 27.1. The van der Waals surface area contributed by atoms with Gasteiger partial charge in [0.05, 0.1) is 0 Å². The molecule has 2 amide bonds. The summed E-state index contributed by atoms with van der Waals surface area (Å²) >= 11 is 0. The van der Waals surface area contributed by atoms with E-state index in [0.717, 1.165) is 49.3 Å². The molecule has 1 aromatic heterocycles. The van der Waals surface area contributed by atoms with Gasteiger partial charge >= 0.3 is 5.97 Å². The van der Waals surface area contributed by atoms with E-state index in [1.165, 1.54) is 6.42 Å². The van der Waals surface area contributed by atoms with Crippen LogP contribution in [0.25, 0.3) is 10.8 Å². The lowest BCUT2D eigenvalue weighted by molar-refractivity contribution is -0.139. The van der Waals surface area contributed by atoms with Crippen molar-refractivity contribution in [3.8, 4) is 5.75 Å². The fourth-order valence-corrected chi connectivity index (χ4v) is 4.96. The number of carboxylic acids is 1. The zero-order valence-electron chi connectivity index (χ0n) is 21.8. The molecule has 0 radical (unpaired) electrons. The Labute approximate surface area is 223 Å². The van der Waals surface area contributed by atoms with E-state index in [9.17, 15) is 14.4 Å². The van der Waals surface area contributed by atoms with Crippen molar-refractivity contribution >= 4 is 28.6 Å². The molecule has 8 heteroatoms. The number of unbranched alkanes of at least 4 members (excludes halogenated alkanes) is 1. The molecule has 2 N–H and O–H groups in total. The molecule has 1 fully saturated rings. The van der Waals surface area contributed by atoms with E-state index in [4.69, 9.17) is 9.84 Å². The van der Waals surface area contributed by atoms with Gasteiger partial charge in [-0.3, -0.25) is 14.6 Å². The molecule has 1 saturated carbocycles. The van der Waals surface area contributed by atoms with Gasteiger partial charge < -0.3 is 20.1 Å². The van der Waals surface area contributed by atoms with Gasteiger partial charge in [-0.1, -0.05) is 56.9 Å². The molecule has 0 bridgehead atoms. The van der Waals surface area contributed by atoms with Crippen molar-refractivity contribution in [3.63, 3.8) is 0 Å². The summed E-state index contributed by atoms with van der Waals surface area (Å²) in [6, 6.07) is 15.5. The number of pyridine rings is 1. The van der Waals surface area contributed by atoms with Crippen molar-refractivity contribution in [2.24, 2.45) is 0 Å². The minimum atomic E-state index is -1.04. The Kier molecular flexibility index (Phi) is 9.30. The number of hydrogen-bond acceptors (Lipinski definition) is 5. The SMILES string of the molecule is CCCCN(C(=O)c1ccccn1)C(C(=O)NC1CCCCC1)c1ccc2cc(OCC(=O)O)ccc2c1. The van der Waals surface area contributed by atoms with Gasteiger partial charge in [-0.15, -0.1) is 0 Å². The van der Waals surface area contributed by atoms with Crippen LogP contribution in [0.4, 0.5) is 0 Å². The van der Waals surface area contributed by atoms with E-state index in [0.29, 0.717) is 23.6 Å². The second-order valence-electron chi connectivity index (χ2n) is 9.76. The van der Waals surface area contributed by atoms with Gasteiger partial charge in [0, 0.05) is 18.8 Å². The van der Waals surface area contributed by atoms with Gasteiger partial charge in [0.15, 0.2) is 6.61 Å². The predicted octanol–water partition coefficient (Wildman–Crippen LogP) is 5.13. The molecule has 1 aliphatic carbocycles. The summed E-state index contributed by atoms with van der Waals surface area (Å²) in [7, 11) is 0. The third kappa shape index (κ3) is 6.88. The Balaban J connectivity index is 1.71. The highest BCUT2D eigenvalue weighted by molar-refractivity contribution is 5.97. The zero-order chi connectivity index (χ0) is 26.9. The average molecular weight is 518 g/mol. The number of aliphatic carboxylic acids is 1. The predicted molar refractivity (Wildman–Crippen MR) is 145 cm³/mol. The highest BCUT2D eigenvalue weighted by Crippen LogP contribution is 2.30. The first-order chi connectivity index (χ1) is 18.5. The van der Waals surface area contributed by atoms with E-state index in [1.807, 2.05) is 24.3 Å². The smallest absolute Gasteiger partial charge is 0.341 e. The van der Waals surface area contributed by atoms with Crippen LogP contribution in [0.2, 0.25) is 0 Å². The summed E-state index contributed by atoms with van der Waals surface area (Å²) in [6.45, 7) is 2.06. The standard InChI is InChI=1S/C30H35N3O5/c1-2-3-17-33(30(37)26-11-7-8-16-31-26)28(29(36)32-24-9-5-4-6-10-24)23-13-12-22-19-25(38-20-27(34)35)15-14-21(22)18-23/h7-8,11-16,18-19,24,28H,2-6,9-10,17,20H2,1H3,(H,32,36)(H,34,35). The Bertz CT molecular complexity index is 1260. The van der Waals surface area contributed by atoms with Crippen molar-refractivity contribution in [2.75, 3.05) is 13.2 Å². The fraction of sp³-hybridized carbons (Fsp3) is 0.400. The molecule has 0 aliphatic heterocycles. The molecular weight excluding hydrogens is 482 g/mol. The highest BCUT2D eigenvalue weighted by Gasteiger charge is 2.33. The van der Waals surface area contributed by atoms with Crippen LogP contribution in [0.1, 0.15) is 74.0 Å². The minimum Gasteiger partial charge on any atom is -0.482 e. The number of amides is 2. The van der Waals surface area contributed by atoms with Gasteiger partial charge in [-0.25, -0.2) is 4.79 Å². The molecule has 1 unspecified atom stereocenters. The Morgan fingerprint density at radius 2 is 1.82 bits per heavy atom. The fourth-order valence-electron chi connectivity index (χ4n) is 4.96. The van der Waals surface area contributed by atoms with Crippen LogP contribution in [-0.4, -0.2) is 52.0 Å². The van der Waals surface area contributed by atoms with Crippen LogP contribution < -0.4 is 10.1 Å². The third-order valence-corrected chi connectivity index (χ3v) is 6.92. The second kappa shape index (κ2) is 13.0. The lowest BCUT2D eigenvalue weighted by Crippen LogP contribution is -2.47. The first-order valence-corrected chi connectivity index (χ1v) is 13.4. The number of benzene rings is 2. The molecule has 1 aliphatic rings. The second-order valence-corrected chi connectivity index (χ2v) is 9.76. The van der Waals surface area contributed by atoms with Crippen LogP contribution in [0.5, 0.6) is 5.75 Å². The van der Waals surface area contributed by atoms with Crippen molar-refractivity contribution in [1.82, 2.24) is 15.2 Å². The third-order valence-electron chi connectivity index (χ3n) is 6.92. The lowest BCUT2D eigenvalue weighted by Gasteiger charge is -2.33. The van der Waals surface area contributed by atoms with Crippen LogP contribution in [0.15, 0.2) is 60.8 Å². The van der Waals surface area contributed by atoms with Gasteiger partial charge in [0.25, 0.3) is 5.91 Å². The summed E-state index contributed by atoms with van der Waals surface area (Å²) in [6.07, 6.45) is 8.46. The summed E-state index contributed by atoms with van der Waals surface area (Å²) in [5.41, 5.74) is 1.02. The molecule has 4 rings (SSSR count). The van der Waals surface area contributed by atoms with Gasteiger partial charge in [-0.2, -0.15) is 0 Å². The maximum atomic E-state index is 13.9. The molecule has 0 saturated heterocycles. The number of carbonyl (C=O) groups is 3. The van der Waals surface area contributed by atoms with E-state index in [-0.39, 0.29) is 17.9 Å². The lowest BCUT2D eigenvalue weighted by atomic mass is 9.94. The average Bonchev–Trinajstić information content (AvgIpc) is 2.94. The number of carboxylic acid groups (broad SMARTS) is 1. The van der Waals surface area contributed by atoms with Gasteiger partial charge in [0.1, 0.15) is 17.5 Å². The van der Waals surface area contributed by atoms with E-state index < -0.39 is 18.6 Å². The van der Waals surface area contributed by atoms with Crippen molar-refractivity contribution in [3.05, 3.63) is 72.1 Å². The van der Waals surface area contributed by atoms with Gasteiger partial charge in [0.2, 0.25) is 5.91 Å². The quantitative estimate of drug-likeness (QED) is 0.365. The molecular formula is C30H35N3O5. The van der Waals surface area contributed by atoms with Crippen molar-refractivity contribution in [1.29, 1.82) is 0 Å². The van der Waals surface area contributed by atoms with Crippen LogP contribution in [0, 0.1) is 0 Å². The number of rotatable bonds is 11. The van der Waals surface area contributed by atoms with Crippen molar-refractivity contribution in [2.45, 2.75) is 64.0 Å². The molecule has 2 aromatic carbocycles. The monoisotopic (exact) mass is 517 g/mol. The number of fused-ring (bicyclic) bond motifs is 1. The summed E-state index contributed by atoms with van der Waals surface area (Å²) < 4.78 is 5.32. The summed E-state index contributed by atoms with van der Waals surface area (Å²) in [4.78, 5) is 44.4. The van der Waals surface area contributed by atoms with E-state index >= 15 is 0 Å². The highest BCUT2D eigenvalue weighted by atomic mass is 16.5. The number of ether oxygens (including phenoxy) is 1. The molecule has 38 heavy (non-hydrogen) atoms. The number of nitrogens with zero attached hydrogens (tertiary/aromatic N) is 2. The summed E-state index contributed by atoms with van der Waals surface area (Å²) in [5.74, 6) is -1.05. The van der Waals surface area contributed by atoms with Crippen LogP contribution in [-0.2, 0) is 9.59 Å². The van der Waals surface area contributed by atoms with Gasteiger partial charge in [-0.05, 0) is 65.9 Å². The van der Waals surface area contributed by atoms with Crippen LogP contribution >= 0.6 is 0 Å². The number of nitrogens with one attached hydrogen (secondary N) is 1. The molecule has 3 aromatic rings. The number of hydrogen-bond donors (Lipinski definition) is 2. The maximum Gasteiger partial charge on any atom is 0.341 e. The van der Waals surface area contributed by atoms with Crippen molar-refractivity contribution < 1.29 is 24.2 Å². The molecule has 8 nitrogen and oxygen atoms in total. The Morgan fingerprint density at radius 3 is 2.53 bits per heavy atom. The minimum absolute atomic E-state index is 0.103. The van der Waals surface area contributed by atoms with E-state index in [1.54, 1.807) is 41.4 Å². The number of aromatic nitrogens is 1. The van der Waals surface area contributed by atoms with E-state index in [2.05, 4.69) is 17.2 Å². The molecule has 200 valence electrons. The molecule has 1 heterocycles. The van der Waals surface area contributed by atoms with Crippen LogP contribution in [0.3, 0.4) is 0 Å². The normalized spacial score (nSPS) is 14.6. The first-order valence-electron chi connectivity index (χ1n) is 13.4. The zero-order valence-corrected chi connectivity index (χ0v) is 21.8. The number of carbonyl (C=O) groups excluding carboxylic acids is 2. The Morgan fingerprint density at radius 1 is 1.05 bits per heavy atom. The maximum absolute atomic E-state index is 13.9. The topological polar surface area (TPSA) is 109 Å². The largest absolute Gasteiger partial charge is 0.482 e. The molecule has 0 spiro atoms.